The summed E-state index contributed by atoms with van der Waals surface area (Å²) in [4.78, 5) is 16.4. The van der Waals surface area contributed by atoms with E-state index in [0.717, 1.165) is 17.0 Å². The van der Waals surface area contributed by atoms with Crippen LogP contribution in [0.1, 0.15) is 10.6 Å². The number of nitrogens with zero attached hydrogens (tertiary/aromatic N) is 1. The first-order valence-electron chi connectivity index (χ1n) is 6.33. The fourth-order valence-electron chi connectivity index (χ4n) is 1.91. The molecule has 0 radical (unpaired) electrons. The number of para-hydroxylation sites is 1. The predicted molar refractivity (Wildman–Crippen MR) is 88.5 cm³/mol. The molecular weight excluding hydrogens is 368 g/mol. The number of rotatable bonds is 4. The smallest absolute Gasteiger partial charge is 0.293 e. The lowest BCUT2D eigenvalue weighted by atomic mass is 10.1. The van der Waals surface area contributed by atoms with Crippen LogP contribution in [-0.4, -0.2) is 18.0 Å². The van der Waals surface area contributed by atoms with Crippen molar-refractivity contribution >= 4 is 38.3 Å². The number of carbonyl (C=O) groups is 1. The number of aromatic nitrogens is 1. The molecule has 22 heavy (non-hydrogen) atoms. The average molecular weight is 379 g/mol. The number of amides is 1. The molecule has 1 N–H and O–H groups in total. The highest BCUT2D eigenvalue weighted by Crippen LogP contribution is 2.32. The quantitative estimate of drug-likeness (QED) is 0.729. The summed E-state index contributed by atoms with van der Waals surface area (Å²) in [6.07, 6.45) is 0. The summed E-state index contributed by atoms with van der Waals surface area (Å²) in [5.74, 6) is 0.619. The molecule has 3 aromatic rings. The number of ether oxygens (including phenoxy) is 1. The highest BCUT2D eigenvalue weighted by atomic mass is 79.9. The van der Waals surface area contributed by atoms with Crippen molar-refractivity contribution in [2.24, 2.45) is 0 Å². The predicted octanol–water partition coefficient (Wildman–Crippen LogP) is 4.43. The summed E-state index contributed by atoms with van der Waals surface area (Å²) in [5, 5.41) is 5.08. The van der Waals surface area contributed by atoms with Gasteiger partial charge in [-0.3, -0.25) is 10.1 Å². The van der Waals surface area contributed by atoms with Crippen LogP contribution in [0.2, 0.25) is 0 Å². The van der Waals surface area contributed by atoms with Crippen molar-refractivity contribution in [2.45, 2.75) is 0 Å². The molecule has 0 spiro atoms. The van der Waals surface area contributed by atoms with Gasteiger partial charge in [-0.1, -0.05) is 12.1 Å². The number of furan rings is 1. The van der Waals surface area contributed by atoms with Crippen molar-refractivity contribution < 1.29 is 13.9 Å². The number of benzene rings is 1. The standard InChI is InChI=1S/C15H11BrN2O3S/c1-20-11-5-3-2-4-9(11)10-8-22-15(17-10)18-14(19)12-6-7-13(16)21-12/h2-8H,1H3,(H,17,18,19). The second-order valence-electron chi connectivity index (χ2n) is 4.30. The van der Waals surface area contributed by atoms with Crippen LogP contribution in [0.15, 0.2) is 50.9 Å². The van der Waals surface area contributed by atoms with E-state index in [-0.39, 0.29) is 11.7 Å². The van der Waals surface area contributed by atoms with Gasteiger partial charge in [-0.25, -0.2) is 4.98 Å². The Morgan fingerprint density at radius 2 is 2.14 bits per heavy atom. The highest BCUT2D eigenvalue weighted by Gasteiger charge is 2.14. The largest absolute Gasteiger partial charge is 0.496 e. The van der Waals surface area contributed by atoms with Gasteiger partial charge in [-0.15, -0.1) is 11.3 Å². The Hall–Kier alpha value is -2.12. The van der Waals surface area contributed by atoms with Gasteiger partial charge >= 0.3 is 0 Å². The van der Waals surface area contributed by atoms with E-state index in [9.17, 15) is 4.79 Å². The van der Waals surface area contributed by atoms with Gasteiger partial charge in [0.1, 0.15) is 5.75 Å². The number of nitrogens with one attached hydrogen (secondary N) is 1. The molecular formula is C15H11BrN2O3S. The topological polar surface area (TPSA) is 64.4 Å². The van der Waals surface area contributed by atoms with Gasteiger partial charge in [0.15, 0.2) is 15.6 Å². The van der Waals surface area contributed by atoms with Crippen LogP contribution >= 0.6 is 27.3 Å². The minimum absolute atomic E-state index is 0.223. The lowest BCUT2D eigenvalue weighted by Crippen LogP contribution is -2.10. The molecule has 2 heterocycles. The first-order chi connectivity index (χ1) is 10.7. The van der Waals surface area contributed by atoms with Crippen LogP contribution in [0.5, 0.6) is 5.75 Å². The van der Waals surface area contributed by atoms with E-state index in [0.29, 0.717) is 9.80 Å². The monoisotopic (exact) mass is 378 g/mol. The Bertz CT molecular complexity index is 812. The molecule has 1 amide bonds. The van der Waals surface area contributed by atoms with Crippen molar-refractivity contribution in [3.8, 4) is 17.0 Å². The Labute approximate surface area is 139 Å². The molecule has 112 valence electrons. The Morgan fingerprint density at radius 3 is 2.86 bits per heavy atom. The molecule has 0 fully saturated rings. The van der Waals surface area contributed by atoms with E-state index in [1.807, 2.05) is 29.6 Å². The number of halogens is 1. The van der Waals surface area contributed by atoms with Crippen LogP contribution in [0, 0.1) is 0 Å². The van der Waals surface area contributed by atoms with Crippen molar-refractivity contribution in [1.82, 2.24) is 4.98 Å². The van der Waals surface area contributed by atoms with E-state index in [2.05, 4.69) is 26.2 Å². The molecule has 2 aromatic heterocycles. The lowest BCUT2D eigenvalue weighted by Gasteiger charge is -2.04. The van der Waals surface area contributed by atoms with Gasteiger partial charge < -0.3 is 9.15 Å². The summed E-state index contributed by atoms with van der Waals surface area (Å²) >= 11 is 4.50. The van der Waals surface area contributed by atoms with Crippen LogP contribution in [0.3, 0.4) is 0 Å². The van der Waals surface area contributed by atoms with Crippen LogP contribution in [0.25, 0.3) is 11.3 Å². The maximum absolute atomic E-state index is 12.0. The zero-order valence-electron chi connectivity index (χ0n) is 11.5. The first kappa shape index (κ1) is 14.8. The van der Waals surface area contributed by atoms with E-state index in [4.69, 9.17) is 9.15 Å². The molecule has 0 unspecified atom stereocenters. The minimum atomic E-state index is -0.341. The third kappa shape index (κ3) is 3.05. The summed E-state index contributed by atoms with van der Waals surface area (Å²) in [7, 11) is 1.61. The fourth-order valence-corrected chi connectivity index (χ4v) is 2.92. The minimum Gasteiger partial charge on any atom is -0.496 e. The second kappa shape index (κ2) is 6.33. The summed E-state index contributed by atoms with van der Waals surface area (Å²) < 4.78 is 11.0. The molecule has 0 aliphatic rings. The van der Waals surface area contributed by atoms with E-state index in [1.54, 1.807) is 19.2 Å². The van der Waals surface area contributed by atoms with Gasteiger partial charge in [-0.2, -0.15) is 0 Å². The van der Waals surface area contributed by atoms with Gasteiger partial charge in [0.05, 0.1) is 12.8 Å². The number of thiazole rings is 1. The first-order valence-corrected chi connectivity index (χ1v) is 8.00. The van der Waals surface area contributed by atoms with Gasteiger partial charge in [0.25, 0.3) is 5.91 Å². The molecule has 0 aliphatic carbocycles. The molecule has 0 bridgehead atoms. The SMILES string of the molecule is COc1ccccc1-c1csc(NC(=O)c2ccc(Br)o2)n1. The third-order valence-electron chi connectivity index (χ3n) is 2.90. The zero-order valence-corrected chi connectivity index (χ0v) is 13.9. The molecule has 0 atom stereocenters. The van der Waals surface area contributed by atoms with Crippen molar-refractivity contribution in [1.29, 1.82) is 0 Å². The Morgan fingerprint density at radius 1 is 1.32 bits per heavy atom. The summed E-state index contributed by atoms with van der Waals surface area (Å²) in [6, 6.07) is 10.9. The molecule has 0 aliphatic heterocycles. The van der Waals surface area contributed by atoms with Gasteiger partial charge in [0, 0.05) is 10.9 Å². The number of methoxy groups -OCH3 is 1. The van der Waals surface area contributed by atoms with E-state index >= 15 is 0 Å². The number of hydrogen-bond acceptors (Lipinski definition) is 5. The van der Waals surface area contributed by atoms with Crippen molar-refractivity contribution in [3.05, 3.63) is 52.2 Å². The number of carbonyl (C=O) groups excluding carboxylic acids is 1. The molecule has 0 saturated carbocycles. The van der Waals surface area contributed by atoms with E-state index < -0.39 is 0 Å². The van der Waals surface area contributed by atoms with Crippen molar-refractivity contribution in [3.63, 3.8) is 0 Å². The summed E-state index contributed by atoms with van der Waals surface area (Å²) in [6.45, 7) is 0. The molecule has 5 nitrogen and oxygen atoms in total. The second-order valence-corrected chi connectivity index (χ2v) is 5.94. The fraction of sp³-hybridized carbons (Fsp3) is 0.0667. The van der Waals surface area contributed by atoms with Gasteiger partial charge in [0.2, 0.25) is 0 Å². The number of anilines is 1. The van der Waals surface area contributed by atoms with Crippen LogP contribution in [-0.2, 0) is 0 Å². The maximum atomic E-state index is 12.0. The molecule has 3 rings (SSSR count). The zero-order chi connectivity index (χ0) is 15.5. The molecule has 7 heteroatoms. The normalized spacial score (nSPS) is 10.5. The maximum Gasteiger partial charge on any atom is 0.293 e. The van der Waals surface area contributed by atoms with Gasteiger partial charge in [-0.05, 0) is 40.2 Å². The number of hydrogen-bond donors (Lipinski definition) is 1. The molecule has 0 saturated heterocycles. The van der Waals surface area contributed by atoms with Crippen LogP contribution in [0.4, 0.5) is 5.13 Å². The van der Waals surface area contributed by atoms with Crippen LogP contribution < -0.4 is 10.1 Å². The molecule has 1 aromatic carbocycles. The summed E-state index contributed by atoms with van der Waals surface area (Å²) in [5.41, 5.74) is 1.63. The third-order valence-corrected chi connectivity index (χ3v) is 4.09. The Balaban J connectivity index is 1.80. The average Bonchev–Trinajstić information content (AvgIpc) is 3.16. The van der Waals surface area contributed by atoms with Crippen molar-refractivity contribution in [2.75, 3.05) is 12.4 Å². The van der Waals surface area contributed by atoms with E-state index in [1.165, 1.54) is 11.3 Å². The highest BCUT2D eigenvalue weighted by molar-refractivity contribution is 9.10. The Kier molecular flexibility index (Phi) is 4.26. The lowest BCUT2D eigenvalue weighted by molar-refractivity contribution is 0.0995.